The third-order valence-electron chi connectivity index (χ3n) is 4.47. The monoisotopic (exact) mass is 416 g/mol. The predicted molar refractivity (Wildman–Crippen MR) is 111 cm³/mol. The molecule has 0 aliphatic heterocycles. The van der Waals surface area contributed by atoms with E-state index < -0.39 is 11.7 Å². The summed E-state index contributed by atoms with van der Waals surface area (Å²) in [6.45, 7) is 0.275. The van der Waals surface area contributed by atoms with E-state index in [1.54, 1.807) is 42.5 Å². The Bertz CT molecular complexity index is 1210. The van der Waals surface area contributed by atoms with Crippen molar-refractivity contribution in [2.24, 2.45) is 0 Å². The van der Waals surface area contributed by atoms with Crippen LogP contribution in [-0.2, 0) is 6.54 Å². The van der Waals surface area contributed by atoms with Crippen molar-refractivity contribution in [1.29, 1.82) is 0 Å². The minimum absolute atomic E-state index is 0.226. The van der Waals surface area contributed by atoms with Crippen LogP contribution in [0.5, 0.6) is 0 Å². The number of hydrogen-bond donors (Lipinski definition) is 2. The minimum atomic E-state index is -0.477. The Morgan fingerprint density at radius 1 is 0.903 bits per heavy atom. The van der Waals surface area contributed by atoms with E-state index in [-0.39, 0.29) is 18.0 Å². The van der Waals surface area contributed by atoms with E-state index in [9.17, 15) is 14.0 Å². The van der Waals surface area contributed by atoms with Crippen molar-refractivity contribution in [2.75, 3.05) is 5.32 Å². The first kappa shape index (κ1) is 19.9. The normalized spacial score (nSPS) is 10.5. The fraction of sp³-hybridized carbons (Fsp3) is 0.0455. The van der Waals surface area contributed by atoms with Crippen molar-refractivity contribution in [3.63, 3.8) is 0 Å². The first-order valence-electron chi connectivity index (χ1n) is 9.36. The van der Waals surface area contributed by atoms with Crippen LogP contribution in [0.4, 0.5) is 10.1 Å². The maximum absolute atomic E-state index is 13.3. The molecule has 0 atom stereocenters. The van der Waals surface area contributed by atoms with E-state index in [4.69, 9.17) is 0 Å². The van der Waals surface area contributed by atoms with E-state index >= 15 is 0 Å². The maximum atomic E-state index is 13.3. The second-order valence-electron chi connectivity index (χ2n) is 6.65. The molecular weight excluding hydrogens is 399 g/mol. The lowest BCUT2D eigenvalue weighted by Gasteiger charge is -2.09. The van der Waals surface area contributed by atoms with E-state index in [2.05, 4.69) is 26.2 Å². The lowest BCUT2D eigenvalue weighted by atomic mass is 10.1. The summed E-state index contributed by atoms with van der Waals surface area (Å²) in [4.78, 5) is 24.7. The van der Waals surface area contributed by atoms with E-state index in [1.807, 2.05) is 6.07 Å². The third kappa shape index (κ3) is 4.96. The molecule has 9 heteroatoms. The largest absolute Gasteiger partial charge is 0.348 e. The molecule has 0 spiro atoms. The van der Waals surface area contributed by atoms with Gasteiger partial charge in [-0.25, -0.2) is 9.07 Å². The zero-order chi connectivity index (χ0) is 21.6. The van der Waals surface area contributed by atoms with Gasteiger partial charge in [0.05, 0.1) is 5.69 Å². The average Bonchev–Trinajstić information content (AvgIpc) is 3.33. The number of anilines is 1. The van der Waals surface area contributed by atoms with Gasteiger partial charge in [0.15, 0.2) is 0 Å². The van der Waals surface area contributed by atoms with Gasteiger partial charge < -0.3 is 10.6 Å². The van der Waals surface area contributed by atoms with Crippen molar-refractivity contribution in [2.45, 2.75) is 6.54 Å². The molecule has 1 heterocycles. The predicted octanol–water partition coefficient (Wildman–Crippen LogP) is 2.98. The molecule has 2 amide bonds. The van der Waals surface area contributed by atoms with Crippen molar-refractivity contribution in [3.05, 3.63) is 102 Å². The summed E-state index contributed by atoms with van der Waals surface area (Å²) in [5.74, 6) is -1.13. The number of benzene rings is 3. The standard InChI is InChI=1S/C22H17FN6O2/c23-18-5-2-4-17(12-18)22(31)26-19-6-1-3-15(11-19)13-24-21(30)16-7-9-20(10-8-16)29-14-25-27-28-29/h1-12,14H,13H2,(H,24,30)(H,26,31). The van der Waals surface area contributed by atoms with Crippen LogP contribution in [0.2, 0.25) is 0 Å². The Balaban J connectivity index is 1.36. The van der Waals surface area contributed by atoms with E-state index in [0.717, 1.165) is 11.3 Å². The van der Waals surface area contributed by atoms with Crippen molar-refractivity contribution in [1.82, 2.24) is 25.5 Å². The maximum Gasteiger partial charge on any atom is 0.255 e. The third-order valence-corrected chi connectivity index (χ3v) is 4.47. The Hall–Kier alpha value is -4.40. The van der Waals surface area contributed by atoms with Gasteiger partial charge in [-0.3, -0.25) is 9.59 Å². The number of amides is 2. The number of hydrogen-bond acceptors (Lipinski definition) is 5. The molecule has 0 aliphatic carbocycles. The number of carbonyl (C=O) groups excluding carboxylic acids is 2. The molecule has 154 valence electrons. The summed E-state index contributed by atoms with van der Waals surface area (Å²) in [6, 6.07) is 19.4. The molecule has 31 heavy (non-hydrogen) atoms. The number of halogens is 1. The van der Waals surface area contributed by atoms with E-state index in [0.29, 0.717) is 11.3 Å². The molecule has 4 rings (SSSR count). The van der Waals surface area contributed by atoms with Crippen LogP contribution in [0.15, 0.2) is 79.1 Å². The summed E-state index contributed by atoms with van der Waals surface area (Å²) in [5.41, 5.74) is 2.81. The average molecular weight is 416 g/mol. The van der Waals surface area contributed by atoms with Gasteiger partial charge in [-0.05, 0) is 70.6 Å². The SMILES string of the molecule is O=C(NCc1cccc(NC(=O)c2cccc(F)c2)c1)c1ccc(-n2cnnn2)cc1. The van der Waals surface area contributed by atoms with Crippen molar-refractivity contribution in [3.8, 4) is 5.69 Å². The first-order valence-corrected chi connectivity index (χ1v) is 9.36. The molecule has 0 aliphatic rings. The summed E-state index contributed by atoms with van der Waals surface area (Å²) < 4.78 is 14.8. The number of rotatable bonds is 6. The smallest absolute Gasteiger partial charge is 0.255 e. The second kappa shape index (κ2) is 8.95. The minimum Gasteiger partial charge on any atom is -0.348 e. The van der Waals surface area contributed by atoms with Crippen molar-refractivity contribution < 1.29 is 14.0 Å². The van der Waals surface area contributed by atoms with Crippen LogP contribution in [0.1, 0.15) is 26.3 Å². The fourth-order valence-electron chi connectivity index (χ4n) is 2.92. The number of nitrogens with one attached hydrogen (secondary N) is 2. The summed E-state index contributed by atoms with van der Waals surface area (Å²) in [7, 11) is 0. The van der Waals surface area contributed by atoms with Crippen LogP contribution < -0.4 is 10.6 Å². The molecule has 8 nitrogen and oxygen atoms in total. The van der Waals surface area contributed by atoms with Gasteiger partial charge in [-0.2, -0.15) is 0 Å². The lowest BCUT2D eigenvalue weighted by Crippen LogP contribution is -2.22. The molecule has 0 saturated heterocycles. The number of carbonyl (C=O) groups is 2. The first-order chi connectivity index (χ1) is 15.1. The second-order valence-corrected chi connectivity index (χ2v) is 6.65. The summed E-state index contributed by atoms with van der Waals surface area (Å²) in [6.07, 6.45) is 1.47. The van der Waals surface area contributed by atoms with Gasteiger partial charge in [0.2, 0.25) is 0 Å². The number of aromatic nitrogens is 4. The Labute approximate surface area is 176 Å². The molecule has 0 radical (unpaired) electrons. The Morgan fingerprint density at radius 2 is 1.71 bits per heavy atom. The van der Waals surface area contributed by atoms with Crippen LogP contribution >= 0.6 is 0 Å². The van der Waals surface area contributed by atoms with Gasteiger partial charge >= 0.3 is 0 Å². The molecular formula is C22H17FN6O2. The molecule has 1 aromatic heterocycles. The highest BCUT2D eigenvalue weighted by Crippen LogP contribution is 2.14. The quantitative estimate of drug-likeness (QED) is 0.503. The fourth-order valence-corrected chi connectivity index (χ4v) is 2.92. The molecule has 0 fully saturated rings. The number of nitrogens with zero attached hydrogens (tertiary/aromatic N) is 4. The molecule has 4 aromatic rings. The Morgan fingerprint density at radius 3 is 2.45 bits per heavy atom. The Kier molecular flexibility index (Phi) is 5.75. The van der Waals surface area contributed by atoms with Gasteiger partial charge in [0, 0.05) is 23.4 Å². The zero-order valence-electron chi connectivity index (χ0n) is 16.2. The molecule has 0 unspecified atom stereocenters. The van der Waals surface area contributed by atoms with Gasteiger partial charge in [-0.15, -0.1) is 5.10 Å². The molecule has 3 aromatic carbocycles. The highest BCUT2D eigenvalue weighted by Gasteiger charge is 2.09. The topological polar surface area (TPSA) is 102 Å². The molecule has 0 saturated carbocycles. The van der Waals surface area contributed by atoms with Gasteiger partial charge in [0.25, 0.3) is 11.8 Å². The summed E-state index contributed by atoms with van der Waals surface area (Å²) in [5, 5.41) is 16.5. The van der Waals surface area contributed by atoms with E-state index in [1.165, 1.54) is 35.3 Å². The van der Waals surface area contributed by atoms with Gasteiger partial charge in [0.1, 0.15) is 12.1 Å². The summed E-state index contributed by atoms with van der Waals surface area (Å²) >= 11 is 0. The van der Waals surface area contributed by atoms with Crippen molar-refractivity contribution >= 4 is 17.5 Å². The van der Waals surface area contributed by atoms with Crippen LogP contribution in [-0.4, -0.2) is 32.0 Å². The van der Waals surface area contributed by atoms with Crippen LogP contribution in [0.25, 0.3) is 5.69 Å². The van der Waals surface area contributed by atoms with Gasteiger partial charge in [-0.1, -0.05) is 18.2 Å². The highest BCUT2D eigenvalue weighted by atomic mass is 19.1. The van der Waals surface area contributed by atoms with Crippen LogP contribution in [0.3, 0.4) is 0 Å². The zero-order valence-corrected chi connectivity index (χ0v) is 16.2. The molecule has 0 bridgehead atoms. The number of tetrazole rings is 1. The van der Waals surface area contributed by atoms with Crippen LogP contribution in [0, 0.1) is 5.82 Å². The highest BCUT2D eigenvalue weighted by molar-refractivity contribution is 6.04. The lowest BCUT2D eigenvalue weighted by molar-refractivity contribution is 0.0950. The molecule has 2 N–H and O–H groups in total.